The number of carbonyl (C=O) groups excluding carboxylic acids is 2. The van der Waals surface area contributed by atoms with Crippen LogP contribution in [0.15, 0.2) is 6.20 Å². The molecule has 1 N–H and O–H groups in total. The lowest BCUT2D eigenvalue weighted by Crippen LogP contribution is -2.40. The Morgan fingerprint density at radius 3 is 2.74 bits per heavy atom. The summed E-state index contributed by atoms with van der Waals surface area (Å²) in [6, 6.07) is -0.650. The smallest absolute Gasteiger partial charge is 0.282 e. The third-order valence-corrected chi connectivity index (χ3v) is 3.04. The second-order valence-corrected chi connectivity index (χ2v) is 4.48. The summed E-state index contributed by atoms with van der Waals surface area (Å²) in [6.45, 7) is 0.540. The number of amides is 2. The van der Waals surface area contributed by atoms with E-state index in [2.05, 4.69) is 10.4 Å². The standard InChI is InChI=1S/C11H14F2N4O2/c1-16-4-3-7(11(16)19)14-10(18)6-5-17(2)15-8(6)9(12)13/h5,7,9H,3-4H2,1-2H3,(H,14,18). The molecule has 19 heavy (non-hydrogen) atoms. The minimum Gasteiger partial charge on any atom is -0.344 e. The molecule has 1 aromatic rings. The molecule has 1 aromatic heterocycles. The zero-order valence-electron chi connectivity index (χ0n) is 10.6. The van der Waals surface area contributed by atoms with Gasteiger partial charge in [0.25, 0.3) is 12.3 Å². The first-order valence-corrected chi connectivity index (χ1v) is 5.77. The van der Waals surface area contributed by atoms with Crippen molar-refractivity contribution in [2.45, 2.75) is 18.9 Å². The zero-order chi connectivity index (χ0) is 14.2. The fourth-order valence-electron chi connectivity index (χ4n) is 2.03. The van der Waals surface area contributed by atoms with E-state index in [0.717, 1.165) is 4.68 Å². The molecule has 0 aromatic carbocycles. The molecular formula is C11H14F2N4O2. The summed E-state index contributed by atoms with van der Waals surface area (Å²) in [5, 5.41) is 6.02. The quantitative estimate of drug-likeness (QED) is 0.861. The number of likely N-dealkylation sites (N-methyl/N-ethyl adjacent to an activating group) is 1. The summed E-state index contributed by atoms with van der Waals surface area (Å²) in [7, 11) is 3.08. The van der Waals surface area contributed by atoms with E-state index in [0.29, 0.717) is 13.0 Å². The number of alkyl halides is 2. The van der Waals surface area contributed by atoms with Crippen molar-refractivity contribution in [3.05, 3.63) is 17.5 Å². The molecule has 1 saturated heterocycles. The van der Waals surface area contributed by atoms with Gasteiger partial charge >= 0.3 is 0 Å². The van der Waals surface area contributed by atoms with Crippen LogP contribution in [0.5, 0.6) is 0 Å². The molecule has 1 atom stereocenters. The van der Waals surface area contributed by atoms with Gasteiger partial charge in [-0.3, -0.25) is 14.3 Å². The highest BCUT2D eigenvalue weighted by atomic mass is 19.3. The predicted molar refractivity (Wildman–Crippen MR) is 61.7 cm³/mol. The number of nitrogens with zero attached hydrogens (tertiary/aromatic N) is 3. The van der Waals surface area contributed by atoms with Crippen LogP contribution in [0.1, 0.15) is 28.9 Å². The van der Waals surface area contributed by atoms with Gasteiger partial charge in [0.05, 0.1) is 5.56 Å². The fraction of sp³-hybridized carbons (Fsp3) is 0.545. The Labute approximate surface area is 108 Å². The number of hydrogen-bond acceptors (Lipinski definition) is 3. The van der Waals surface area contributed by atoms with Gasteiger partial charge in [0.2, 0.25) is 5.91 Å². The van der Waals surface area contributed by atoms with Crippen molar-refractivity contribution < 1.29 is 18.4 Å². The molecule has 2 rings (SSSR count). The van der Waals surface area contributed by atoms with E-state index in [-0.39, 0.29) is 11.5 Å². The van der Waals surface area contributed by atoms with E-state index >= 15 is 0 Å². The Balaban J connectivity index is 2.14. The Morgan fingerprint density at radius 2 is 2.21 bits per heavy atom. The average molecular weight is 272 g/mol. The minimum absolute atomic E-state index is 0.195. The Kier molecular flexibility index (Phi) is 3.50. The molecule has 2 heterocycles. The average Bonchev–Trinajstić information content (AvgIpc) is 2.87. The topological polar surface area (TPSA) is 67.2 Å². The van der Waals surface area contributed by atoms with Gasteiger partial charge in [0.1, 0.15) is 11.7 Å². The minimum atomic E-state index is -2.83. The third kappa shape index (κ3) is 2.56. The van der Waals surface area contributed by atoms with E-state index < -0.39 is 24.1 Å². The Hall–Kier alpha value is -1.99. The number of nitrogens with one attached hydrogen (secondary N) is 1. The molecule has 2 amide bonds. The molecule has 8 heteroatoms. The van der Waals surface area contributed by atoms with Crippen LogP contribution in [0.25, 0.3) is 0 Å². The zero-order valence-corrected chi connectivity index (χ0v) is 10.6. The number of halogens is 2. The van der Waals surface area contributed by atoms with E-state index in [1.807, 2.05) is 0 Å². The maximum absolute atomic E-state index is 12.7. The monoisotopic (exact) mass is 272 g/mol. The van der Waals surface area contributed by atoms with Crippen molar-refractivity contribution in [2.75, 3.05) is 13.6 Å². The second kappa shape index (κ2) is 4.94. The molecular weight excluding hydrogens is 258 g/mol. The lowest BCUT2D eigenvalue weighted by Gasteiger charge is -2.12. The van der Waals surface area contributed by atoms with Crippen molar-refractivity contribution in [1.29, 1.82) is 0 Å². The lowest BCUT2D eigenvalue weighted by atomic mass is 10.2. The van der Waals surface area contributed by atoms with E-state index in [4.69, 9.17) is 0 Å². The number of aromatic nitrogens is 2. The fourth-order valence-corrected chi connectivity index (χ4v) is 2.03. The highest BCUT2D eigenvalue weighted by molar-refractivity contribution is 5.98. The van der Waals surface area contributed by atoms with Crippen molar-refractivity contribution in [3.63, 3.8) is 0 Å². The van der Waals surface area contributed by atoms with Crippen LogP contribution in [0.3, 0.4) is 0 Å². The molecule has 1 aliphatic heterocycles. The van der Waals surface area contributed by atoms with E-state index in [1.54, 1.807) is 7.05 Å². The molecule has 1 fully saturated rings. The first-order valence-electron chi connectivity index (χ1n) is 5.77. The summed E-state index contributed by atoms with van der Waals surface area (Å²) in [4.78, 5) is 25.0. The summed E-state index contributed by atoms with van der Waals surface area (Å²) < 4.78 is 26.6. The van der Waals surface area contributed by atoms with E-state index in [1.165, 1.54) is 18.1 Å². The van der Waals surface area contributed by atoms with Crippen molar-refractivity contribution >= 4 is 11.8 Å². The van der Waals surface area contributed by atoms with Crippen LogP contribution in [0, 0.1) is 0 Å². The summed E-state index contributed by atoms with van der Waals surface area (Å²) in [5.74, 6) is -0.909. The second-order valence-electron chi connectivity index (χ2n) is 4.48. The molecule has 1 unspecified atom stereocenters. The third-order valence-electron chi connectivity index (χ3n) is 3.04. The van der Waals surface area contributed by atoms with Gasteiger partial charge in [0, 0.05) is 26.8 Å². The maximum Gasteiger partial charge on any atom is 0.282 e. The first-order chi connectivity index (χ1) is 8.90. The van der Waals surface area contributed by atoms with Crippen LogP contribution in [-0.2, 0) is 11.8 Å². The number of rotatable bonds is 3. The van der Waals surface area contributed by atoms with Gasteiger partial charge < -0.3 is 10.2 Å². The maximum atomic E-state index is 12.7. The van der Waals surface area contributed by atoms with Gasteiger partial charge in [-0.25, -0.2) is 8.78 Å². The summed E-state index contributed by atoms with van der Waals surface area (Å²) in [6.07, 6.45) is -1.13. The van der Waals surface area contributed by atoms with Crippen molar-refractivity contribution in [1.82, 2.24) is 20.0 Å². The first kappa shape index (κ1) is 13.4. The Morgan fingerprint density at radius 1 is 1.53 bits per heavy atom. The van der Waals surface area contributed by atoms with Gasteiger partial charge in [0.15, 0.2) is 0 Å². The molecule has 0 saturated carbocycles. The van der Waals surface area contributed by atoms with Crippen LogP contribution in [0.2, 0.25) is 0 Å². The van der Waals surface area contributed by atoms with Crippen LogP contribution < -0.4 is 5.32 Å². The summed E-state index contributed by atoms with van der Waals surface area (Å²) >= 11 is 0. The Bertz CT molecular complexity index is 515. The molecule has 6 nitrogen and oxygen atoms in total. The van der Waals surface area contributed by atoms with Crippen LogP contribution in [0.4, 0.5) is 8.78 Å². The molecule has 0 aliphatic carbocycles. The van der Waals surface area contributed by atoms with Gasteiger partial charge in [-0.2, -0.15) is 5.10 Å². The normalized spacial score (nSPS) is 19.3. The van der Waals surface area contributed by atoms with Crippen LogP contribution >= 0.6 is 0 Å². The van der Waals surface area contributed by atoms with Gasteiger partial charge in [-0.1, -0.05) is 0 Å². The molecule has 104 valence electrons. The van der Waals surface area contributed by atoms with Crippen molar-refractivity contribution in [2.24, 2.45) is 7.05 Å². The molecule has 1 aliphatic rings. The molecule has 0 spiro atoms. The number of aryl methyl sites for hydroxylation is 1. The number of hydrogen-bond donors (Lipinski definition) is 1. The molecule has 0 radical (unpaired) electrons. The molecule has 0 bridgehead atoms. The highest BCUT2D eigenvalue weighted by Gasteiger charge is 2.32. The number of likely N-dealkylation sites (tertiary alicyclic amines) is 1. The van der Waals surface area contributed by atoms with Crippen molar-refractivity contribution in [3.8, 4) is 0 Å². The van der Waals surface area contributed by atoms with Crippen LogP contribution in [-0.4, -0.2) is 46.1 Å². The number of carbonyl (C=O) groups is 2. The predicted octanol–water partition coefficient (Wildman–Crippen LogP) is 0.318. The summed E-state index contributed by atoms with van der Waals surface area (Å²) in [5.41, 5.74) is -0.765. The largest absolute Gasteiger partial charge is 0.344 e. The van der Waals surface area contributed by atoms with E-state index in [9.17, 15) is 18.4 Å². The SMILES string of the molecule is CN1CCC(NC(=O)c2cn(C)nc2C(F)F)C1=O. The van der Waals surface area contributed by atoms with Gasteiger partial charge in [-0.05, 0) is 6.42 Å². The lowest BCUT2D eigenvalue weighted by molar-refractivity contribution is -0.128. The highest BCUT2D eigenvalue weighted by Crippen LogP contribution is 2.21. The van der Waals surface area contributed by atoms with Gasteiger partial charge in [-0.15, -0.1) is 0 Å².